The monoisotopic (exact) mass is 280 g/mol. The summed E-state index contributed by atoms with van der Waals surface area (Å²) >= 11 is 0. The first-order valence-corrected chi connectivity index (χ1v) is 7.48. The number of hydrogen-bond donors (Lipinski definition) is 1. The molecule has 1 rings (SSSR count). The molecular formula is C16H28N2O2. The van der Waals surface area contributed by atoms with Crippen molar-refractivity contribution in [2.45, 2.75) is 26.6 Å². The molecule has 114 valence electrons. The second-order valence-corrected chi connectivity index (χ2v) is 4.66. The van der Waals surface area contributed by atoms with Gasteiger partial charge in [0.25, 0.3) is 0 Å². The van der Waals surface area contributed by atoms with Gasteiger partial charge in [-0.1, -0.05) is 18.2 Å². The van der Waals surface area contributed by atoms with Gasteiger partial charge in [-0.25, -0.2) is 0 Å². The second kappa shape index (κ2) is 10.7. The van der Waals surface area contributed by atoms with Crippen molar-refractivity contribution in [3.63, 3.8) is 0 Å². The third kappa shape index (κ3) is 6.89. The lowest BCUT2D eigenvalue weighted by molar-refractivity contribution is -0.132. The summed E-state index contributed by atoms with van der Waals surface area (Å²) in [6, 6.07) is 10.4. The molecule has 0 aliphatic heterocycles. The van der Waals surface area contributed by atoms with Crippen LogP contribution in [-0.4, -0.2) is 46.2 Å². The fourth-order valence-corrected chi connectivity index (χ4v) is 2.01. The first-order valence-electron chi connectivity index (χ1n) is 7.48. The van der Waals surface area contributed by atoms with Gasteiger partial charge in [-0.15, -0.1) is 0 Å². The van der Waals surface area contributed by atoms with Crippen molar-refractivity contribution in [3.05, 3.63) is 30.3 Å². The van der Waals surface area contributed by atoms with E-state index in [1.54, 1.807) is 0 Å². The Bertz CT molecular complexity index is 327. The fourth-order valence-electron chi connectivity index (χ4n) is 2.01. The van der Waals surface area contributed by atoms with Gasteiger partial charge < -0.3 is 19.7 Å². The number of rotatable bonds is 11. The van der Waals surface area contributed by atoms with Gasteiger partial charge in [0.15, 0.2) is 6.29 Å². The predicted octanol–water partition coefficient (Wildman–Crippen LogP) is 2.50. The maximum Gasteiger partial charge on any atom is 0.169 e. The summed E-state index contributed by atoms with van der Waals surface area (Å²) in [6.45, 7) is 8.09. The molecule has 20 heavy (non-hydrogen) atoms. The van der Waals surface area contributed by atoms with Gasteiger partial charge >= 0.3 is 0 Å². The van der Waals surface area contributed by atoms with E-state index < -0.39 is 0 Å². The molecule has 4 nitrogen and oxygen atoms in total. The molecule has 4 heteroatoms. The van der Waals surface area contributed by atoms with E-state index in [-0.39, 0.29) is 6.29 Å². The predicted molar refractivity (Wildman–Crippen MR) is 84.2 cm³/mol. The smallest absolute Gasteiger partial charge is 0.169 e. The maximum absolute atomic E-state index is 5.48. The van der Waals surface area contributed by atoms with Crippen LogP contribution in [0.25, 0.3) is 0 Å². The van der Waals surface area contributed by atoms with E-state index >= 15 is 0 Å². The van der Waals surface area contributed by atoms with Gasteiger partial charge in [-0.3, -0.25) is 0 Å². The van der Waals surface area contributed by atoms with Crippen LogP contribution in [0.4, 0.5) is 5.69 Å². The van der Waals surface area contributed by atoms with E-state index in [0.717, 1.165) is 26.1 Å². The van der Waals surface area contributed by atoms with E-state index in [0.29, 0.717) is 13.2 Å². The van der Waals surface area contributed by atoms with Crippen LogP contribution in [-0.2, 0) is 9.47 Å². The van der Waals surface area contributed by atoms with Gasteiger partial charge in [-0.2, -0.15) is 0 Å². The Balaban J connectivity index is 2.12. The van der Waals surface area contributed by atoms with Gasteiger partial charge in [0.05, 0.1) is 0 Å². The summed E-state index contributed by atoms with van der Waals surface area (Å²) in [7, 11) is 2.12. The molecule has 0 radical (unpaired) electrons. The average molecular weight is 280 g/mol. The SMILES string of the molecule is CCOC(CNCCCN(C)c1ccccc1)OCC. The highest BCUT2D eigenvalue weighted by Crippen LogP contribution is 2.10. The lowest BCUT2D eigenvalue weighted by Crippen LogP contribution is -2.33. The molecule has 1 N–H and O–H groups in total. The van der Waals surface area contributed by atoms with E-state index in [1.807, 2.05) is 19.9 Å². The van der Waals surface area contributed by atoms with Crippen molar-refractivity contribution in [2.75, 3.05) is 44.8 Å². The zero-order chi connectivity index (χ0) is 14.6. The van der Waals surface area contributed by atoms with E-state index in [2.05, 4.69) is 41.5 Å². The first-order chi connectivity index (χ1) is 9.77. The number of benzene rings is 1. The highest BCUT2D eigenvalue weighted by atomic mass is 16.7. The minimum absolute atomic E-state index is 0.128. The molecule has 0 aliphatic rings. The first kappa shape index (κ1) is 17.0. The zero-order valence-electron chi connectivity index (χ0n) is 13.0. The van der Waals surface area contributed by atoms with Gasteiger partial charge in [0.2, 0.25) is 0 Å². The van der Waals surface area contributed by atoms with Crippen LogP contribution in [0.3, 0.4) is 0 Å². The molecule has 0 spiro atoms. The third-order valence-electron chi connectivity index (χ3n) is 3.06. The molecule has 1 aromatic rings. The van der Waals surface area contributed by atoms with Crippen molar-refractivity contribution in [1.82, 2.24) is 5.32 Å². The Kier molecular flexibility index (Phi) is 9.04. The summed E-state index contributed by atoms with van der Waals surface area (Å²) in [4.78, 5) is 2.27. The normalized spacial score (nSPS) is 11.0. The number of ether oxygens (including phenoxy) is 2. The Morgan fingerprint density at radius 2 is 1.75 bits per heavy atom. The second-order valence-electron chi connectivity index (χ2n) is 4.66. The van der Waals surface area contributed by atoms with Crippen molar-refractivity contribution >= 4 is 5.69 Å². The van der Waals surface area contributed by atoms with Crippen LogP contribution in [0.15, 0.2) is 30.3 Å². The number of nitrogens with zero attached hydrogens (tertiary/aromatic N) is 1. The number of para-hydroxylation sites is 1. The highest BCUT2D eigenvalue weighted by Gasteiger charge is 2.06. The van der Waals surface area contributed by atoms with Crippen LogP contribution >= 0.6 is 0 Å². The molecular weight excluding hydrogens is 252 g/mol. The molecule has 0 amide bonds. The molecule has 0 saturated carbocycles. The van der Waals surface area contributed by atoms with Crippen LogP contribution in [0, 0.1) is 0 Å². The minimum Gasteiger partial charge on any atom is -0.375 e. The zero-order valence-corrected chi connectivity index (χ0v) is 13.0. The molecule has 0 aliphatic carbocycles. The average Bonchev–Trinajstić information content (AvgIpc) is 2.48. The standard InChI is InChI=1S/C16H28N2O2/c1-4-19-16(20-5-2)14-17-12-9-13-18(3)15-10-7-6-8-11-15/h6-8,10-11,16-17H,4-5,9,12-14H2,1-3H3. The Morgan fingerprint density at radius 1 is 1.10 bits per heavy atom. The molecule has 0 atom stereocenters. The molecule has 0 bridgehead atoms. The highest BCUT2D eigenvalue weighted by molar-refractivity contribution is 5.44. The topological polar surface area (TPSA) is 33.7 Å². The summed E-state index contributed by atoms with van der Waals surface area (Å²) in [6.07, 6.45) is 0.966. The van der Waals surface area contributed by atoms with Gasteiger partial charge in [0, 0.05) is 39.0 Å². The number of nitrogens with one attached hydrogen (secondary N) is 1. The Labute approximate surface area is 123 Å². The third-order valence-corrected chi connectivity index (χ3v) is 3.06. The lowest BCUT2D eigenvalue weighted by atomic mass is 10.3. The molecule has 0 saturated heterocycles. The van der Waals surface area contributed by atoms with Crippen LogP contribution in [0.1, 0.15) is 20.3 Å². The largest absolute Gasteiger partial charge is 0.375 e. The summed E-state index contributed by atoms with van der Waals surface area (Å²) in [5, 5.41) is 3.39. The molecule has 0 aromatic heterocycles. The van der Waals surface area contributed by atoms with Crippen molar-refractivity contribution < 1.29 is 9.47 Å². The van der Waals surface area contributed by atoms with Crippen molar-refractivity contribution in [2.24, 2.45) is 0 Å². The van der Waals surface area contributed by atoms with Crippen LogP contribution in [0.5, 0.6) is 0 Å². The van der Waals surface area contributed by atoms with Crippen LogP contribution < -0.4 is 10.2 Å². The minimum atomic E-state index is -0.128. The van der Waals surface area contributed by atoms with E-state index in [1.165, 1.54) is 5.69 Å². The van der Waals surface area contributed by atoms with Crippen molar-refractivity contribution in [1.29, 1.82) is 0 Å². The molecule has 1 aromatic carbocycles. The number of anilines is 1. The van der Waals surface area contributed by atoms with E-state index in [9.17, 15) is 0 Å². The Morgan fingerprint density at radius 3 is 2.35 bits per heavy atom. The Hall–Kier alpha value is -1.10. The maximum atomic E-state index is 5.48. The number of hydrogen-bond acceptors (Lipinski definition) is 4. The van der Waals surface area contributed by atoms with Crippen LogP contribution in [0.2, 0.25) is 0 Å². The summed E-state index contributed by atoms with van der Waals surface area (Å²) in [5.41, 5.74) is 1.26. The fraction of sp³-hybridized carbons (Fsp3) is 0.625. The molecule has 0 fully saturated rings. The lowest BCUT2D eigenvalue weighted by Gasteiger charge is -2.20. The van der Waals surface area contributed by atoms with E-state index in [4.69, 9.17) is 9.47 Å². The van der Waals surface area contributed by atoms with Gasteiger partial charge in [0.1, 0.15) is 0 Å². The molecule has 0 heterocycles. The quantitative estimate of drug-likeness (QED) is 0.499. The van der Waals surface area contributed by atoms with Crippen molar-refractivity contribution in [3.8, 4) is 0 Å². The van der Waals surface area contributed by atoms with Gasteiger partial charge in [-0.05, 0) is 38.9 Å². The molecule has 0 unspecified atom stereocenters. The summed E-state index contributed by atoms with van der Waals surface area (Å²) < 4.78 is 11.0. The summed E-state index contributed by atoms with van der Waals surface area (Å²) in [5.74, 6) is 0.